The Morgan fingerprint density at radius 2 is 2.42 bits per heavy atom. The standard InChI is InChI=1S/C8H10N4/c1-2-3-7-8-4-9-6-12(8)11-5-10-7/h4-6H,2-3H2,1H3. The van der Waals surface area contributed by atoms with Crippen LogP contribution in [0.2, 0.25) is 0 Å². The highest BCUT2D eigenvalue weighted by Gasteiger charge is 2.01. The summed E-state index contributed by atoms with van der Waals surface area (Å²) in [7, 11) is 0. The first-order valence-electron chi connectivity index (χ1n) is 4.04. The van der Waals surface area contributed by atoms with Crippen molar-refractivity contribution in [2.45, 2.75) is 19.8 Å². The lowest BCUT2D eigenvalue weighted by molar-refractivity contribution is 0.824. The predicted molar refractivity (Wildman–Crippen MR) is 44.8 cm³/mol. The van der Waals surface area contributed by atoms with Crippen LogP contribution in [0.5, 0.6) is 0 Å². The molecular weight excluding hydrogens is 152 g/mol. The molecule has 0 atom stereocenters. The maximum atomic E-state index is 4.20. The second kappa shape index (κ2) is 2.89. The molecule has 0 bridgehead atoms. The molecule has 0 aliphatic rings. The first-order valence-corrected chi connectivity index (χ1v) is 4.04. The first-order chi connectivity index (χ1) is 5.92. The van der Waals surface area contributed by atoms with Gasteiger partial charge in [0.25, 0.3) is 0 Å². The van der Waals surface area contributed by atoms with E-state index in [1.54, 1.807) is 23.4 Å². The molecule has 4 nitrogen and oxygen atoms in total. The Bertz CT molecular complexity index is 379. The Balaban J connectivity index is 2.57. The maximum Gasteiger partial charge on any atom is 0.136 e. The van der Waals surface area contributed by atoms with Gasteiger partial charge in [-0.2, -0.15) is 5.10 Å². The molecule has 0 fully saturated rings. The van der Waals surface area contributed by atoms with E-state index in [2.05, 4.69) is 22.0 Å². The Kier molecular flexibility index (Phi) is 1.74. The van der Waals surface area contributed by atoms with E-state index >= 15 is 0 Å². The van der Waals surface area contributed by atoms with E-state index in [0.29, 0.717) is 0 Å². The number of hydrogen-bond donors (Lipinski definition) is 0. The van der Waals surface area contributed by atoms with E-state index < -0.39 is 0 Å². The van der Waals surface area contributed by atoms with Gasteiger partial charge in [0.2, 0.25) is 0 Å². The van der Waals surface area contributed by atoms with Crippen LogP contribution in [-0.2, 0) is 6.42 Å². The number of rotatable bonds is 2. The van der Waals surface area contributed by atoms with Crippen molar-refractivity contribution in [2.75, 3.05) is 0 Å². The van der Waals surface area contributed by atoms with Crippen LogP contribution < -0.4 is 0 Å². The minimum atomic E-state index is 0.984. The van der Waals surface area contributed by atoms with Crippen LogP contribution in [0.25, 0.3) is 5.52 Å². The van der Waals surface area contributed by atoms with Crippen molar-refractivity contribution in [3.05, 3.63) is 24.5 Å². The van der Waals surface area contributed by atoms with Crippen molar-refractivity contribution >= 4 is 5.52 Å². The van der Waals surface area contributed by atoms with Gasteiger partial charge in [-0.1, -0.05) is 13.3 Å². The molecule has 0 unspecified atom stereocenters. The zero-order valence-corrected chi connectivity index (χ0v) is 6.94. The monoisotopic (exact) mass is 162 g/mol. The summed E-state index contributed by atoms with van der Waals surface area (Å²) in [5.74, 6) is 0. The molecule has 12 heavy (non-hydrogen) atoms. The fourth-order valence-corrected chi connectivity index (χ4v) is 1.23. The van der Waals surface area contributed by atoms with E-state index in [-0.39, 0.29) is 0 Å². The number of aryl methyl sites for hydroxylation is 1. The fourth-order valence-electron chi connectivity index (χ4n) is 1.23. The average molecular weight is 162 g/mol. The van der Waals surface area contributed by atoms with Gasteiger partial charge in [0.15, 0.2) is 0 Å². The van der Waals surface area contributed by atoms with Gasteiger partial charge >= 0.3 is 0 Å². The second-order valence-corrected chi connectivity index (χ2v) is 2.68. The normalized spacial score (nSPS) is 10.8. The van der Waals surface area contributed by atoms with Gasteiger partial charge in [-0.25, -0.2) is 14.5 Å². The van der Waals surface area contributed by atoms with Gasteiger partial charge in [0.05, 0.1) is 11.9 Å². The number of fused-ring (bicyclic) bond motifs is 1. The molecule has 0 aromatic carbocycles. The molecule has 0 saturated heterocycles. The molecule has 2 rings (SSSR count). The molecule has 0 radical (unpaired) electrons. The highest BCUT2D eigenvalue weighted by Crippen LogP contribution is 2.06. The minimum Gasteiger partial charge on any atom is -0.242 e. The molecule has 62 valence electrons. The Labute approximate surface area is 70.3 Å². The lowest BCUT2D eigenvalue weighted by atomic mass is 10.2. The van der Waals surface area contributed by atoms with Gasteiger partial charge in [-0.05, 0) is 6.42 Å². The van der Waals surface area contributed by atoms with Gasteiger partial charge in [-0.15, -0.1) is 0 Å². The summed E-state index contributed by atoms with van der Waals surface area (Å²) >= 11 is 0. The van der Waals surface area contributed by atoms with E-state index in [1.807, 2.05) is 0 Å². The zero-order valence-electron chi connectivity index (χ0n) is 6.94. The molecule has 0 spiro atoms. The molecule has 4 heteroatoms. The number of nitrogens with zero attached hydrogens (tertiary/aromatic N) is 4. The molecule has 0 amide bonds. The fraction of sp³-hybridized carbons (Fsp3) is 0.375. The number of hydrogen-bond acceptors (Lipinski definition) is 3. The molecule has 0 saturated carbocycles. The van der Waals surface area contributed by atoms with E-state index in [9.17, 15) is 0 Å². The van der Waals surface area contributed by atoms with Crippen molar-refractivity contribution < 1.29 is 0 Å². The van der Waals surface area contributed by atoms with Crippen molar-refractivity contribution in [3.63, 3.8) is 0 Å². The summed E-state index contributed by atoms with van der Waals surface area (Å²) in [6.07, 6.45) is 7.14. The van der Waals surface area contributed by atoms with E-state index in [0.717, 1.165) is 24.1 Å². The van der Waals surface area contributed by atoms with Crippen LogP contribution in [0.3, 0.4) is 0 Å². The van der Waals surface area contributed by atoms with Gasteiger partial charge in [0, 0.05) is 0 Å². The van der Waals surface area contributed by atoms with Crippen LogP contribution in [0.15, 0.2) is 18.9 Å². The molecular formula is C8H10N4. The van der Waals surface area contributed by atoms with Crippen LogP contribution >= 0.6 is 0 Å². The Morgan fingerprint density at radius 1 is 1.50 bits per heavy atom. The van der Waals surface area contributed by atoms with Crippen molar-refractivity contribution in [3.8, 4) is 0 Å². The van der Waals surface area contributed by atoms with Crippen LogP contribution in [-0.4, -0.2) is 19.6 Å². The van der Waals surface area contributed by atoms with Crippen molar-refractivity contribution in [2.24, 2.45) is 0 Å². The van der Waals surface area contributed by atoms with Gasteiger partial charge in [0.1, 0.15) is 18.2 Å². The van der Waals surface area contributed by atoms with E-state index in [4.69, 9.17) is 0 Å². The number of aromatic nitrogens is 4. The smallest absolute Gasteiger partial charge is 0.136 e. The molecule has 0 N–H and O–H groups in total. The zero-order chi connectivity index (χ0) is 8.39. The third-order valence-electron chi connectivity index (χ3n) is 1.79. The largest absolute Gasteiger partial charge is 0.242 e. The maximum absolute atomic E-state index is 4.20. The first kappa shape index (κ1) is 7.21. The molecule has 2 aromatic rings. The molecule has 0 aliphatic heterocycles. The van der Waals surface area contributed by atoms with Crippen LogP contribution in [0, 0.1) is 0 Å². The highest BCUT2D eigenvalue weighted by molar-refractivity contribution is 5.48. The lowest BCUT2D eigenvalue weighted by Gasteiger charge is -1.98. The third-order valence-corrected chi connectivity index (χ3v) is 1.79. The predicted octanol–water partition coefficient (Wildman–Crippen LogP) is 1.08. The van der Waals surface area contributed by atoms with Crippen LogP contribution in [0.1, 0.15) is 19.0 Å². The van der Waals surface area contributed by atoms with Gasteiger partial charge < -0.3 is 0 Å². The number of imidazole rings is 1. The molecule has 2 heterocycles. The molecule has 0 aliphatic carbocycles. The lowest BCUT2D eigenvalue weighted by Crippen LogP contribution is -1.97. The summed E-state index contributed by atoms with van der Waals surface area (Å²) in [5.41, 5.74) is 2.09. The summed E-state index contributed by atoms with van der Waals surface area (Å²) in [6, 6.07) is 0. The third kappa shape index (κ3) is 1.05. The SMILES string of the molecule is CCCc1ncnn2cncc12. The Morgan fingerprint density at radius 3 is 3.25 bits per heavy atom. The Hall–Kier alpha value is -1.45. The summed E-state index contributed by atoms with van der Waals surface area (Å²) in [6.45, 7) is 2.13. The summed E-state index contributed by atoms with van der Waals surface area (Å²) in [5, 5.41) is 4.03. The minimum absolute atomic E-state index is 0.984. The molecule has 2 aromatic heterocycles. The summed E-state index contributed by atoms with van der Waals surface area (Å²) in [4.78, 5) is 8.20. The van der Waals surface area contributed by atoms with Gasteiger partial charge in [-0.3, -0.25) is 0 Å². The highest BCUT2D eigenvalue weighted by atomic mass is 15.3. The van der Waals surface area contributed by atoms with Crippen LogP contribution in [0.4, 0.5) is 0 Å². The van der Waals surface area contributed by atoms with Crippen molar-refractivity contribution in [1.29, 1.82) is 0 Å². The second-order valence-electron chi connectivity index (χ2n) is 2.68. The average Bonchev–Trinajstić information content (AvgIpc) is 2.53. The quantitative estimate of drug-likeness (QED) is 0.663. The summed E-state index contributed by atoms with van der Waals surface area (Å²) < 4.78 is 1.75. The van der Waals surface area contributed by atoms with E-state index in [1.165, 1.54) is 0 Å². The van der Waals surface area contributed by atoms with Crippen molar-refractivity contribution in [1.82, 2.24) is 19.6 Å². The topological polar surface area (TPSA) is 43.1 Å².